The Morgan fingerprint density at radius 1 is 1.05 bits per heavy atom. The topological polar surface area (TPSA) is 78.6 Å². The summed E-state index contributed by atoms with van der Waals surface area (Å²) >= 11 is 0. The van der Waals surface area contributed by atoms with Gasteiger partial charge in [0.25, 0.3) is 0 Å². The summed E-state index contributed by atoms with van der Waals surface area (Å²) in [6.45, 7) is 1.88. The summed E-state index contributed by atoms with van der Waals surface area (Å²) < 4.78 is 34.3. The molecular formula is C14H15NO4S. The Bertz CT molecular complexity index is 708. The first-order valence-electron chi connectivity index (χ1n) is 5.87. The van der Waals surface area contributed by atoms with Crippen molar-refractivity contribution >= 4 is 15.8 Å². The number of aryl methyl sites for hydroxylation is 1. The van der Waals surface area contributed by atoms with E-state index in [-0.39, 0.29) is 10.6 Å². The molecule has 0 aliphatic rings. The van der Waals surface area contributed by atoms with Crippen LogP contribution >= 0.6 is 0 Å². The van der Waals surface area contributed by atoms with Crippen LogP contribution in [0.3, 0.4) is 0 Å². The smallest absolute Gasteiger partial charge is 0.339 e. The fraction of sp³-hybridized carbons (Fsp3) is 0.143. The number of nitrogen functional groups attached to an aromatic ring is 1. The van der Waals surface area contributed by atoms with Gasteiger partial charge in [-0.2, -0.15) is 8.42 Å². The summed E-state index contributed by atoms with van der Waals surface area (Å²) in [5.41, 5.74) is 7.04. The van der Waals surface area contributed by atoms with Gasteiger partial charge in [-0.1, -0.05) is 17.7 Å². The summed E-state index contributed by atoms with van der Waals surface area (Å²) in [5.74, 6) is 0.512. The Morgan fingerprint density at radius 2 is 1.70 bits per heavy atom. The predicted octanol–water partition coefficient (Wildman–Crippen LogP) is 2.35. The molecule has 2 aromatic carbocycles. The second kappa shape index (κ2) is 5.42. The Hall–Kier alpha value is -2.21. The molecule has 0 spiro atoms. The van der Waals surface area contributed by atoms with Crippen LogP contribution < -0.4 is 14.7 Å². The zero-order valence-corrected chi connectivity index (χ0v) is 12.0. The van der Waals surface area contributed by atoms with Crippen LogP contribution in [0.25, 0.3) is 0 Å². The lowest BCUT2D eigenvalue weighted by atomic mass is 10.2. The number of benzene rings is 2. The molecule has 0 radical (unpaired) electrons. The molecule has 0 saturated heterocycles. The highest BCUT2D eigenvalue weighted by molar-refractivity contribution is 7.87. The highest BCUT2D eigenvalue weighted by atomic mass is 32.2. The van der Waals surface area contributed by atoms with Gasteiger partial charge < -0.3 is 14.7 Å². The minimum atomic E-state index is -3.86. The molecule has 2 N–H and O–H groups in total. The Balaban J connectivity index is 2.30. The SMILES string of the molecule is COc1cc(OS(=O)(=O)c2ccc(C)cc2)ccc1N. The molecule has 0 aliphatic carbocycles. The molecule has 0 heterocycles. The summed E-state index contributed by atoms with van der Waals surface area (Å²) in [5, 5.41) is 0. The van der Waals surface area contributed by atoms with E-state index < -0.39 is 10.1 Å². The number of rotatable bonds is 4. The van der Waals surface area contributed by atoms with E-state index in [1.807, 2.05) is 6.92 Å². The third-order valence-electron chi connectivity index (χ3n) is 2.72. The molecule has 0 unspecified atom stereocenters. The van der Waals surface area contributed by atoms with Gasteiger partial charge in [-0.05, 0) is 31.2 Å². The summed E-state index contributed by atoms with van der Waals surface area (Å²) in [6.07, 6.45) is 0. The lowest BCUT2D eigenvalue weighted by molar-refractivity contribution is 0.414. The van der Waals surface area contributed by atoms with Crippen LogP contribution in [0.4, 0.5) is 5.69 Å². The first-order chi connectivity index (χ1) is 9.42. The van der Waals surface area contributed by atoms with Crippen molar-refractivity contribution in [1.29, 1.82) is 0 Å². The third-order valence-corrected chi connectivity index (χ3v) is 3.98. The Kier molecular flexibility index (Phi) is 3.85. The number of nitrogens with two attached hydrogens (primary N) is 1. The molecule has 0 amide bonds. The zero-order chi connectivity index (χ0) is 14.8. The van der Waals surface area contributed by atoms with E-state index in [0.717, 1.165) is 5.56 Å². The first kappa shape index (κ1) is 14.2. The molecule has 2 rings (SSSR count). The van der Waals surface area contributed by atoms with Crippen LogP contribution in [0.1, 0.15) is 5.56 Å². The fourth-order valence-electron chi connectivity index (χ4n) is 1.62. The maximum atomic E-state index is 12.1. The van der Waals surface area contributed by atoms with Gasteiger partial charge in [0.1, 0.15) is 16.4 Å². The van der Waals surface area contributed by atoms with E-state index in [0.29, 0.717) is 11.4 Å². The monoisotopic (exact) mass is 293 g/mol. The van der Waals surface area contributed by atoms with Gasteiger partial charge in [0.2, 0.25) is 0 Å². The van der Waals surface area contributed by atoms with Crippen molar-refractivity contribution in [3.8, 4) is 11.5 Å². The van der Waals surface area contributed by atoms with Crippen molar-refractivity contribution in [2.75, 3.05) is 12.8 Å². The number of methoxy groups -OCH3 is 1. The second-order valence-corrected chi connectivity index (χ2v) is 5.80. The van der Waals surface area contributed by atoms with Crippen molar-refractivity contribution in [2.45, 2.75) is 11.8 Å². The quantitative estimate of drug-likeness (QED) is 0.691. The van der Waals surface area contributed by atoms with Crippen molar-refractivity contribution < 1.29 is 17.3 Å². The molecule has 2 aromatic rings. The molecule has 6 heteroatoms. The van der Waals surface area contributed by atoms with Gasteiger partial charge in [-0.3, -0.25) is 0 Å². The fourth-order valence-corrected chi connectivity index (χ4v) is 2.55. The van der Waals surface area contributed by atoms with E-state index in [4.69, 9.17) is 14.7 Å². The third kappa shape index (κ3) is 3.03. The van der Waals surface area contributed by atoms with Gasteiger partial charge >= 0.3 is 10.1 Å². The van der Waals surface area contributed by atoms with E-state index in [1.54, 1.807) is 12.1 Å². The van der Waals surface area contributed by atoms with Crippen LogP contribution in [0, 0.1) is 6.92 Å². The van der Waals surface area contributed by atoms with E-state index >= 15 is 0 Å². The highest BCUT2D eigenvalue weighted by Gasteiger charge is 2.17. The van der Waals surface area contributed by atoms with Crippen molar-refractivity contribution in [3.63, 3.8) is 0 Å². The summed E-state index contributed by atoms with van der Waals surface area (Å²) in [6, 6.07) is 10.8. The lowest BCUT2D eigenvalue weighted by Crippen LogP contribution is -2.09. The standard InChI is InChI=1S/C14H15NO4S/c1-10-3-6-12(7-4-10)20(16,17)19-11-5-8-13(15)14(9-11)18-2/h3-9H,15H2,1-2H3. The maximum absolute atomic E-state index is 12.1. The number of hydrogen-bond donors (Lipinski definition) is 1. The number of hydrogen-bond acceptors (Lipinski definition) is 5. The van der Waals surface area contributed by atoms with Crippen LogP contribution in [0.5, 0.6) is 11.5 Å². The Morgan fingerprint density at radius 3 is 2.30 bits per heavy atom. The molecule has 20 heavy (non-hydrogen) atoms. The van der Waals surface area contributed by atoms with Gasteiger partial charge in [0, 0.05) is 6.07 Å². The number of ether oxygens (including phenoxy) is 1. The van der Waals surface area contributed by atoms with Crippen LogP contribution in [0.15, 0.2) is 47.4 Å². The van der Waals surface area contributed by atoms with Crippen molar-refractivity contribution in [1.82, 2.24) is 0 Å². The molecule has 0 saturated carbocycles. The average Bonchev–Trinajstić information content (AvgIpc) is 2.41. The molecule has 0 aromatic heterocycles. The van der Waals surface area contributed by atoms with E-state index in [2.05, 4.69) is 0 Å². The second-order valence-electron chi connectivity index (χ2n) is 4.25. The zero-order valence-electron chi connectivity index (χ0n) is 11.2. The summed E-state index contributed by atoms with van der Waals surface area (Å²) in [4.78, 5) is 0.0962. The lowest BCUT2D eigenvalue weighted by Gasteiger charge is -2.09. The number of anilines is 1. The maximum Gasteiger partial charge on any atom is 0.339 e. The Labute approximate surface area is 118 Å². The van der Waals surface area contributed by atoms with Gasteiger partial charge in [0.05, 0.1) is 12.8 Å². The largest absolute Gasteiger partial charge is 0.494 e. The van der Waals surface area contributed by atoms with Crippen LogP contribution in [-0.2, 0) is 10.1 Å². The van der Waals surface area contributed by atoms with Gasteiger partial charge in [0.15, 0.2) is 0 Å². The molecule has 106 valence electrons. The summed E-state index contributed by atoms with van der Waals surface area (Å²) in [7, 11) is -2.42. The highest BCUT2D eigenvalue weighted by Crippen LogP contribution is 2.28. The minimum Gasteiger partial charge on any atom is -0.494 e. The average molecular weight is 293 g/mol. The molecule has 0 bridgehead atoms. The van der Waals surface area contributed by atoms with Gasteiger partial charge in [-0.15, -0.1) is 0 Å². The van der Waals surface area contributed by atoms with Crippen LogP contribution in [0.2, 0.25) is 0 Å². The van der Waals surface area contributed by atoms with E-state index in [1.165, 1.54) is 37.4 Å². The van der Waals surface area contributed by atoms with E-state index in [9.17, 15) is 8.42 Å². The first-order valence-corrected chi connectivity index (χ1v) is 7.28. The minimum absolute atomic E-state index is 0.0962. The molecular weight excluding hydrogens is 278 g/mol. The molecule has 0 atom stereocenters. The van der Waals surface area contributed by atoms with Crippen molar-refractivity contribution in [2.24, 2.45) is 0 Å². The van der Waals surface area contributed by atoms with Gasteiger partial charge in [-0.25, -0.2) is 0 Å². The molecule has 0 aliphatic heterocycles. The normalized spacial score (nSPS) is 11.1. The molecule has 5 nitrogen and oxygen atoms in total. The molecule has 0 fully saturated rings. The van der Waals surface area contributed by atoms with Crippen LogP contribution in [-0.4, -0.2) is 15.5 Å². The predicted molar refractivity (Wildman–Crippen MR) is 76.4 cm³/mol. The van der Waals surface area contributed by atoms with Crippen molar-refractivity contribution in [3.05, 3.63) is 48.0 Å².